The highest BCUT2D eigenvalue weighted by Crippen LogP contribution is 2.35. The van der Waals surface area contributed by atoms with E-state index in [1.807, 2.05) is 6.92 Å². The van der Waals surface area contributed by atoms with E-state index >= 15 is 0 Å². The molecule has 0 aliphatic carbocycles. The Morgan fingerprint density at radius 3 is 2.78 bits per heavy atom. The van der Waals surface area contributed by atoms with Gasteiger partial charge >= 0.3 is 0 Å². The zero-order valence-electron chi connectivity index (χ0n) is 12.7. The van der Waals surface area contributed by atoms with Crippen LogP contribution < -0.4 is 14.9 Å². The van der Waals surface area contributed by atoms with Crippen molar-refractivity contribution in [3.05, 3.63) is 52.8 Å². The van der Waals surface area contributed by atoms with E-state index in [2.05, 4.69) is 15.5 Å². The van der Waals surface area contributed by atoms with Crippen LogP contribution in [0.3, 0.4) is 0 Å². The number of benzene rings is 1. The van der Waals surface area contributed by atoms with Gasteiger partial charge in [0.2, 0.25) is 0 Å². The van der Waals surface area contributed by atoms with Gasteiger partial charge in [0.05, 0.1) is 25.0 Å². The number of amides is 1. The number of methoxy groups -OCH3 is 1. The van der Waals surface area contributed by atoms with Gasteiger partial charge in [-0.25, -0.2) is 5.43 Å². The van der Waals surface area contributed by atoms with Crippen LogP contribution in [-0.2, 0) is 0 Å². The molecule has 0 aliphatic heterocycles. The molecule has 0 aliphatic rings. The minimum atomic E-state index is -0.326. The molecule has 0 spiro atoms. The summed E-state index contributed by atoms with van der Waals surface area (Å²) in [6, 6.07) is 6.60. The number of pyridine rings is 1. The predicted octanol–water partition coefficient (Wildman–Crippen LogP) is 2.91. The van der Waals surface area contributed by atoms with Crippen LogP contribution in [0.25, 0.3) is 0 Å². The molecule has 1 aromatic carbocycles. The van der Waals surface area contributed by atoms with Crippen LogP contribution in [0.1, 0.15) is 22.8 Å². The maximum Gasteiger partial charge on any atom is 0.271 e. The van der Waals surface area contributed by atoms with Gasteiger partial charge < -0.3 is 9.47 Å². The fourth-order valence-electron chi connectivity index (χ4n) is 1.83. The lowest BCUT2D eigenvalue weighted by atomic mass is 10.2. The lowest BCUT2D eigenvalue weighted by Gasteiger charge is -2.11. The molecule has 6 nitrogen and oxygen atoms in total. The standard InChI is InChI=1S/C16H16ClN3O3/c1-3-23-15-13(17)8-11(9-14(15)22-2)10-19-20-16(21)12-4-6-18-7-5-12/h4-10H,3H2,1-2H3,(H,20,21)/b19-10-. The topological polar surface area (TPSA) is 72.8 Å². The van der Waals surface area contributed by atoms with Gasteiger partial charge in [-0.2, -0.15) is 5.10 Å². The second-order valence-electron chi connectivity index (χ2n) is 4.40. The molecule has 0 fully saturated rings. The molecule has 0 bridgehead atoms. The van der Waals surface area contributed by atoms with Crippen LogP contribution in [-0.4, -0.2) is 30.8 Å². The molecule has 1 amide bonds. The number of carbonyl (C=O) groups is 1. The average molecular weight is 334 g/mol. The lowest BCUT2D eigenvalue weighted by molar-refractivity contribution is 0.0955. The van der Waals surface area contributed by atoms with Crippen LogP contribution in [0.5, 0.6) is 11.5 Å². The van der Waals surface area contributed by atoms with Crippen molar-refractivity contribution in [1.29, 1.82) is 0 Å². The van der Waals surface area contributed by atoms with E-state index in [9.17, 15) is 4.79 Å². The summed E-state index contributed by atoms with van der Waals surface area (Å²) in [5, 5.41) is 4.32. The van der Waals surface area contributed by atoms with Crippen LogP contribution in [0.2, 0.25) is 5.02 Å². The third-order valence-electron chi connectivity index (χ3n) is 2.86. The number of ether oxygens (including phenoxy) is 2. The van der Waals surface area contributed by atoms with E-state index in [1.54, 1.807) is 24.3 Å². The summed E-state index contributed by atoms with van der Waals surface area (Å²) < 4.78 is 10.7. The molecule has 0 unspecified atom stereocenters. The highest BCUT2D eigenvalue weighted by molar-refractivity contribution is 6.32. The Hall–Kier alpha value is -2.60. The summed E-state index contributed by atoms with van der Waals surface area (Å²) in [4.78, 5) is 15.7. The Morgan fingerprint density at radius 2 is 2.13 bits per heavy atom. The molecule has 1 heterocycles. The highest BCUT2D eigenvalue weighted by atomic mass is 35.5. The van der Waals surface area contributed by atoms with Gasteiger partial charge in [-0.05, 0) is 36.8 Å². The molecule has 23 heavy (non-hydrogen) atoms. The molecular weight excluding hydrogens is 318 g/mol. The summed E-state index contributed by atoms with van der Waals surface area (Å²) in [5.41, 5.74) is 3.58. The summed E-state index contributed by atoms with van der Waals surface area (Å²) in [6.45, 7) is 2.34. The van der Waals surface area contributed by atoms with E-state index in [0.717, 1.165) is 0 Å². The SMILES string of the molecule is CCOc1c(Cl)cc(/C=N\NC(=O)c2ccncc2)cc1OC. The second-order valence-corrected chi connectivity index (χ2v) is 4.81. The number of hydrogen-bond acceptors (Lipinski definition) is 5. The van der Waals surface area contributed by atoms with Crippen LogP contribution in [0, 0.1) is 0 Å². The molecule has 2 aromatic rings. The average Bonchev–Trinajstić information content (AvgIpc) is 2.57. The Bertz CT molecular complexity index is 705. The van der Waals surface area contributed by atoms with Crippen LogP contribution in [0.15, 0.2) is 41.8 Å². The minimum Gasteiger partial charge on any atom is -0.493 e. The number of aromatic nitrogens is 1. The van der Waals surface area contributed by atoms with Crippen molar-refractivity contribution >= 4 is 23.7 Å². The number of hydrazone groups is 1. The first-order chi connectivity index (χ1) is 11.2. The molecule has 1 N–H and O–H groups in total. The van der Waals surface area contributed by atoms with Gasteiger partial charge in [-0.1, -0.05) is 11.6 Å². The van der Waals surface area contributed by atoms with Gasteiger partial charge in [0.1, 0.15) is 0 Å². The molecule has 0 radical (unpaired) electrons. The number of nitrogens with zero attached hydrogens (tertiary/aromatic N) is 2. The number of carbonyl (C=O) groups excluding carboxylic acids is 1. The van der Waals surface area contributed by atoms with Crippen molar-refractivity contribution < 1.29 is 14.3 Å². The molecular formula is C16H16ClN3O3. The van der Waals surface area contributed by atoms with Gasteiger partial charge in [0.25, 0.3) is 5.91 Å². The summed E-state index contributed by atoms with van der Waals surface area (Å²) in [7, 11) is 1.53. The smallest absolute Gasteiger partial charge is 0.271 e. The summed E-state index contributed by atoms with van der Waals surface area (Å²) in [5.74, 6) is 0.656. The van der Waals surface area contributed by atoms with Crippen molar-refractivity contribution in [3.63, 3.8) is 0 Å². The first-order valence-electron chi connectivity index (χ1n) is 6.89. The molecule has 0 saturated heterocycles. The molecule has 0 atom stereocenters. The van der Waals surface area contributed by atoms with E-state index in [1.165, 1.54) is 25.7 Å². The number of rotatable bonds is 6. The third kappa shape index (κ3) is 4.43. The fraction of sp³-hybridized carbons (Fsp3) is 0.188. The van der Waals surface area contributed by atoms with Crippen molar-refractivity contribution in [2.75, 3.05) is 13.7 Å². The van der Waals surface area contributed by atoms with Gasteiger partial charge in [0, 0.05) is 18.0 Å². The monoisotopic (exact) mass is 333 g/mol. The van der Waals surface area contributed by atoms with Gasteiger partial charge in [0.15, 0.2) is 11.5 Å². The molecule has 7 heteroatoms. The molecule has 1 aromatic heterocycles. The normalized spacial score (nSPS) is 10.6. The van der Waals surface area contributed by atoms with Crippen molar-refractivity contribution in [1.82, 2.24) is 10.4 Å². The van der Waals surface area contributed by atoms with Crippen molar-refractivity contribution in [2.45, 2.75) is 6.92 Å². The summed E-state index contributed by atoms with van der Waals surface area (Å²) in [6.07, 6.45) is 4.55. The van der Waals surface area contributed by atoms with E-state index in [4.69, 9.17) is 21.1 Å². The molecule has 2 rings (SSSR count). The Balaban J connectivity index is 2.11. The predicted molar refractivity (Wildman–Crippen MR) is 88.5 cm³/mol. The Morgan fingerprint density at radius 1 is 1.39 bits per heavy atom. The molecule has 0 saturated carbocycles. The van der Waals surface area contributed by atoms with E-state index in [-0.39, 0.29) is 5.91 Å². The largest absolute Gasteiger partial charge is 0.493 e. The quantitative estimate of drug-likeness (QED) is 0.651. The second kappa shape index (κ2) is 8.14. The fourth-order valence-corrected chi connectivity index (χ4v) is 2.11. The third-order valence-corrected chi connectivity index (χ3v) is 3.14. The zero-order valence-corrected chi connectivity index (χ0v) is 13.5. The minimum absolute atomic E-state index is 0.326. The van der Waals surface area contributed by atoms with E-state index in [0.29, 0.717) is 34.3 Å². The zero-order chi connectivity index (χ0) is 16.7. The molecule has 120 valence electrons. The maximum atomic E-state index is 11.8. The highest BCUT2D eigenvalue weighted by Gasteiger charge is 2.11. The lowest BCUT2D eigenvalue weighted by Crippen LogP contribution is -2.17. The number of nitrogens with one attached hydrogen (secondary N) is 1. The number of halogens is 1. The maximum absolute atomic E-state index is 11.8. The number of hydrogen-bond donors (Lipinski definition) is 1. The van der Waals surface area contributed by atoms with Crippen molar-refractivity contribution in [3.8, 4) is 11.5 Å². The first-order valence-corrected chi connectivity index (χ1v) is 7.27. The van der Waals surface area contributed by atoms with E-state index < -0.39 is 0 Å². The van der Waals surface area contributed by atoms with Crippen LogP contribution in [0.4, 0.5) is 0 Å². The van der Waals surface area contributed by atoms with Gasteiger partial charge in [-0.3, -0.25) is 9.78 Å². The Kier molecular flexibility index (Phi) is 5.94. The first kappa shape index (κ1) is 16.8. The van der Waals surface area contributed by atoms with Crippen molar-refractivity contribution in [2.24, 2.45) is 5.10 Å². The van der Waals surface area contributed by atoms with Gasteiger partial charge in [-0.15, -0.1) is 0 Å². The Labute approximate surface area is 139 Å². The van der Waals surface area contributed by atoms with Crippen LogP contribution >= 0.6 is 11.6 Å². The summed E-state index contributed by atoms with van der Waals surface area (Å²) >= 11 is 6.17.